The fourth-order valence-electron chi connectivity index (χ4n) is 6.48. The Morgan fingerprint density at radius 1 is 0.545 bits per heavy atom. The van der Waals surface area contributed by atoms with Crippen molar-refractivity contribution in [2.45, 2.75) is 220 Å². The number of ether oxygens (including phenoxy) is 2. The van der Waals surface area contributed by atoms with E-state index in [4.69, 9.17) is 18.5 Å². The molecule has 0 fully saturated rings. The molecule has 0 aliphatic rings. The van der Waals surface area contributed by atoms with Crippen LogP contribution in [0.25, 0.3) is 0 Å². The summed E-state index contributed by atoms with van der Waals surface area (Å²) < 4.78 is 35.6. The molecule has 0 saturated carbocycles. The maximum atomic E-state index is 13.2. The largest absolute Gasteiger partial charge is 0.465 e. The van der Waals surface area contributed by atoms with E-state index in [1.165, 1.54) is 116 Å². The first-order chi connectivity index (χ1) is 26.8. The second kappa shape index (κ2) is 40.7. The minimum absolute atomic E-state index is 0.0225. The van der Waals surface area contributed by atoms with Crippen LogP contribution in [-0.2, 0) is 32.7 Å². The van der Waals surface area contributed by atoms with Crippen LogP contribution in [0.15, 0.2) is 24.3 Å². The number of hydrogen-bond acceptors (Lipinski definition) is 8. The Hall–Kier alpha value is -1.47. The van der Waals surface area contributed by atoms with E-state index in [0.29, 0.717) is 13.0 Å². The molecule has 55 heavy (non-hydrogen) atoms. The average Bonchev–Trinajstić information content (AvgIpc) is 3.16. The third-order valence-electron chi connectivity index (χ3n) is 10.1. The maximum Gasteiger partial charge on any atom is 0.330 e. The Bertz CT molecular complexity index is 968. The highest BCUT2D eigenvalue weighted by molar-refractivity contribution is 7.53. The predicted octanol–water partition coefficient (Wildman–Crippen LogP) is 14.1. The normalized spacial score (nSPS) is 13.6. The fourth-order valence-corrected chi connectivity index (χ4v) is 7.53. The Labute approximate surface area is 340 Å². The molecule has 324 valence electrons. The number of rotatable bonds is 42. The van der Waals surface area contributed by atoms with Crippen molar-refractivity contribution in [3.63, 3.8) is 0 Å². The van der Waals surface area contributed by atoms with Gasteiger partial charge >= 0.3 is 19.5 Å². The van der Waals surface area contributed by atoms with E-state index in [0.717, 1.165) is 70.9 Å². The van der Waals surface area contributed by atoms with Gasteiger partial charge in [0.1, 0.15) is 0 Å². The van der Waals surface area contributed by atoms with Crippen LogP contribution in [0.3, 0.4) is 0 Å². The van der Waals surface area contributed by atoms with E-state index in [9.17, 15) is 14.2 Å². The second-order valence-corrected chi connectivity index (χ2v) is 17.3. The highest BCUT2D eigenvalue weighted by Gasteiger charge is 2.27. The van der Waals surface area contributed by atoms with Crippen molar-refractivity contribution in [1.29, 1.82) is 0 Å². The number of hydrogen-bond donors (Lipinski definition) is 0. The zero-order chi connectivity index (χ0) is 40.5. The zero-order valence-electron chi connectivity index (χ0n) is 36.7. The number of carbonyl (C=O) groups is 2. The van der Waals surface area contributed by atoms with Gasteiger partial charge in [-0.2, -0.15) is 0 Å². The lowest BCUT2D eigenvalue weighted by Gasteiger charge is -2.24. The smallest absolute Gasteiger partial charge is 0.330 e. The van der Waals surface area contributed by atoms with Gasteiger partial charge in [-0.05, 0) is 77.3 Å². The lowest BCUT2D eigenvalue weighted by molar-refractivity contribution is -0.167. The van der Waals surface area contributed by atoms with E-state index < -0.39 is 19.9 Å². The molecular weight excluding hydrogens is 709 g/mol. The summed E-state index contributed by atoms with van der Waals surface area (Å²) in [4.78, 5) is 27.4. The van der Waals surface area contributed by atoms with Gasteiger partial charge in [0.2, 0.25) is 6.29 Å². The summed E-state index contributed by atoms with van der Waals surface area (Å²) in [6.07, 6.45) is 40.0. The first kappa shape index (κ1) is 53.5. The Morgan fingerprint density at radius 3 is 1.38 bits per heavy atom. The van der Waals surface area contributed by atoms with Gasteiger partial charge in [-0.15, -0.1) is 0 Å². The lowest BCUT2D eigenvalue weighted by atomic mass is 10.1. The minimum atomic E-state index is -3.51. The molecule has 0 aromatic rings. The van der Waals surface area contributed by atoms with Crippen LogP contribution in [0.4, 0.5) is 0 Å². The van der Waals surface area contributed by atoms with Gasteiger partial charge in [-0.25, -0.2) is 0 Å². The van der Waals surface area contributed by atoms with E-state index in [1.54, 1.807) is 0 Å². The van der Waals surface area contributed by atoms with E-state index in [2.05, 4.69) is 56.9 Å². The van der Waals surface area contributed by atoms with Crippen molar-refractivity contribution < 1.29 is 32.7 Å². The summed E-state index contributed by atoms with van der Waals surface area (Å²) in [6, 6.07) is 0. The summed E-state index contributed by atoms with van der Waals surface area (Å²) in [6.45, 7) is 12.7. The van der Waals surface area contributed by atoms with Crippen molar-refractivity contribution in [2.24, 2.45) is 0 Å². The van der Waals surface area contributed by atoms with E-state index in [1.807, 2.05) is 0 Å². The average molecular weight is 798 g/mol. The molecule has 0 saturated heterocycles. The Morgan fingerprint density at radius 2 is 0.945 bits per heavy atom. The van der Waals surface area contributed by atoms with Crippen LogP contribution < -0.4 is 0 Å². The number of likely N-dealkylation sites (N-methyl/N-ethyl adjacent to an activating group) is 1. The van der Waals surface area contributed by atoms with Crippen molar-refractivity contribution in [1.82, 2.24) is 4.90 Å². The molecule has 0 aromatic heterocycles. The van der Waals surface area contributed by atoms with E-state index in [-0.39, 0.29) is 32.0 Å². The molecule has 2 atom stereocenters. The molecular formula is C46H88NO7P. The van der Waals surface area contributed by atoms with Gasteiger partial charge < -0.3 is 18.9 Å². The molecule has 2 unspecified atom stereocenters. The third kappa shape index (κ3) is 39.2. The van der Waals surface area contributed by atoms with Crippen LogP contribution in [0.2, 0.25) is 0 Å². The molecule has 0 aliphatic carbocycles. The highest BCUT2D eigenvalue weighted by Crippen LogP contribution is 2.45. The summed E-state index contributed by atoms with van der Waals surface area (Å²) in [5, 5.41) is 0. The summed E-state index contributed by atoms with van der Waals surface area (Å²) >= 11 is 0. The SMILES string of the molecule is CCCCCCCCC=CCCCCCCCC(=O)OCCC(OC(=O)CCCCCCCC=CCCCCCCCC)OP(C)(=O)OCCN(CC)CC. The molecule has 0 heterocycles. The molecule has 0 rings (SSSR count). The quantitative estimate of drug-likeness (QED) is 0.0198. The third-order valence-corrected chi connectivity index (χ3v) is 11.4. The van der Waals surface area contributed by atoms with Crippen LogP contribution in [0, 0.1) is 0 Å². The van der Waals surface area contributed by atoms with Gasteiger partial charge in [0.15, 0.2) is 0 Å². The van der Waals surface area contributed by atoms with Crippen LogP contribution in [0.5, 0.6) is 0 Å². The van der Waals surface area contributed by atoms with Crippen molar-refractivity contribution in [3.05, 3.63) is 24.3 Å². The highest BCUT2D eigenvalue weighted by atomic mass is 31.2. The number of nitrogens with zero attached hydrogens (tertiary/aromatic N) is 1. The summed E-state index contributed by atoms with van der Waals surface area (Å²) in [5.74, 6) is -0.670. The minimum Gasteiger partial charge on any atom is -0.465 e. The number of allylic oxidation sites excluding steroid dienone is 4. The number of carbonyl (C=O) groups excluding carboxylic acids is 2. The van der Waals surface area contributed by atoms with Crippen LogP contribution in [-0.4, -0.2) is 62.6 Å². The van der Waals surface area contributed by atoms with Crippen molar-refractivity contribution in [2.75, 3.05) is 39.5 Å². The fraction of sp³-hybridized carbons (Fsp3) is 0.870. The Balaban J connectivity index is 4.38. The molecule has 0 radical (unpaired) electrons. The molecule has 0 aliphatic heterocycles. The predicted molar refractivity (Wildman–Crippen MR) is 233 cm³/mol. The number of esters is 2. The standard InChI is InChI=1S/C46H88NO7P/c1-6-10-12-14-16-18-20-22-24-26-28-30-32-34-36-38-44(48)51-42-40-46(54-55(5,50)52-43-41-47(8-3)9-4)53-45(49)39-37-35-33-31-29-27-25-23-21-19-17-15-13-11-7-2/h22-25,46H,6-21,26-43H2,1-5H3. The molecule has 0 amide bonds. The first-order valence-corrected chi connectivity index (χ1v) is 25.0. The van der Waals surface area contributed by atoms with Crippen LogP contribution >= 0.6 is 7.60 Å². The van der Waals surface area contributed by atoms with Crippen molar-refractivity contribution in [3.8, 4) is 0 Å². The molecule has 0 bridgehead atoms. The van der Waals surface area contributed by atoms with Gasteiger partial charge in [0, 0.05) is 32.5 Å². The molecule has 0 N–H and O–H groups in total. The van der Waals surface area contributed by atoms with Gasteiger partial charge in [-0.3, -0.25) is 18.7 Å². The van der Waals surface area contributed by atoms with E-state index >= 15 is 0 Å². The second-order valence-electron chi connectivity index (χ2n) is 15.3. The van der Waals surface area contributed by atoms with Gasteiger partial charge in [0.05, 0.1) is 13.2 Å². The molecule has 0 aromatic carbocycles. The molecule has 0 spiro atoms. The van der Waals surface area contributed by atoms with Gasteiger partial charge in [0.25, 0.3) is 0 Å². The Kier molecular flexibility index (Phi) is 39.6. The lowest BCUT2D eigenvalue weighted by Crippen LogP contribution is -2.27. The zero-order valence-corrected chi connectivity index (χ0v) is 37.6. The van der Waals surface area contributed by atoms with Crippen LogP contribution in [0.1, 0.15) is 214 Å². The first-order valence-electron chi connectivity index (χ1n) is 23.1. The summed E-state index contributed by atoms with van der Waals surface area (Å²) in [7, 11) is -3.51. The van der Waals surface area contributed by atoms with Crippen molar-refractivity contribution >= 4 is 19.5 Å². The monoisotopic (exact) mass is 798 g/mol. The van der Waals surface area contributed by atoms with Gasteiger partial charge in [-0.1, -0.05) is 155 Å². The molecule has 8 nitrogen and oxygen atoms in total. The summed E-state index contributed by atoms with van der Waals surface area (Å²) in [5.41, 5.74) is 0. The number of unbranched alkanes of at least 4 members (excludes halogenated alkanes) is 22. The maximum absolute atomic E-state index is 13.2. The topological polar surface area (TPSA) is 91.4 Å². The molecule has 9 heteroatoms.